The van der Waals surface area contributed by atoms with Crippen molar-refractivity contribution in [1.29, 1.82) is 0 Å². The highest BCUT2D eigenvalue weighted by atomic mass is 28.3. The number of rotatable bonds is 6. The predicted molar refractivity (Wildman–Crippen MR) is 98.6 cm³/mol. The third-order valence-corrected chi connectivity index (χ3v) is 9.56. The van der Waals surface area contributed by atoms with Gasteiger partial charge in [0.05, 0.1) is 21.1 Å². The van der Waals surface area contributed by atoms with E-state index < -0.39 is 8.07 Å². The van der Waals surface area contributed by atoms with Gasteiger partial charge in [-0.15, -0.1) is 0 Å². The van der Waals surface area contributed by atoms with Crippen LogP contribution in [0.3, 0.4) is 0 Å². The fourth-order valence-electron chi connectivity index (χ4n) is 3.12. The zero-order chi connectivity index (χ0) is 16.9. The molecule has 0 amide bonds. The second-order valence-corrected chi connectivity index (χ2v) is 11.6. The Morgan fingerprint density at radius 2 is 1.52 bits per heavy atom. The van der Waals surface area contributed by atoms with Gasteiger partial charge >= 0.3 is 5.97 Å². The zero-order valence-electron chi connectivity index (χ0n) is 14.5. The van der Waals surface area contributed by atoms with Crippen LogP contribution in [0.1, 0.15) is 12.5 Å². The minimum absolute atomic E-state index is 0.0992. The molecule has 2 aromatic carbocycles. The van der Waals surface area contributed by atoms with E-state index in [2.05, 4.69) is 56.4 Å². The first-order chi connectivity index (χ1) is 11.0. The third-order valence-electron chi connectivity index (χ3n) is 5.06. The minimum Gasteiger partial charge on any atom is -0.469 e. The van der Waals surface area contributed by atoms with E-state index in [4.69, 9.17) is 4.74 Å². The Bertz CT molecular complexity index is 623. The van der Waals surface area contributed by atoms with Crippen molar-refractivity contribution >= 4 is 19.2 Å². The molecule has 0 aliphatic heterocycles. The number of esters is 1. The van der Waals surface area contributed by atoms with Gasteiger partial charge in [-0.2, -0.15) is 0 Å². The van der Waals surface area contributed by atoms with E-state index in [9.17, 15) is 4.79 Å². The highest BCUT2D eigenvalue weighted by Crippen LogP contribution is 2.33. The number of carbonyl (C=O) groups is 1. The first kappa shape index (κ1) is 17.5. The Labute approximate surface area is 140 Å². The van der Waals surface area contributed by atoms with Crippen LogP contribution in [0.15, 0.2) is 60.7 Å². The normalized spacial score (nSPS) is 14.1. The number of hydrogen-bond donors (Lipinski definition) is 0. The zero-order valence-corrected chi connectivity index (χ0v) is 15.5. The Morgan fingerprint density at radius 1 is 1.00 bits per heavy atom. The van der Waals surface area contributed by atoms with Gasteiger partial charge in [-0.05, 0) is 17.5 Å². The van der Waals surface area contributed by atoms with Crippen molar-refractivity contribution in [2.45, 2.75) is 32.0 Å². The van der Waals surface area contributed by atoms with Gasteiger partial charge in [0.2, 0.25) is 0 Å². The lowest BCUT2D eigenvalue weighted by Gasteiger charge is -2.35. The highest BCUT2D eigenvalue weighted by molar-refractivity contribution is 6.91. The topological polar surface area (TPSA) is 26.3 Å². The van der Waals surface area contributed by atoms with E-state index in [1.54, 1.807) is 0 Å². The van der Waals surface area contributed by atoms with Gasteiger partial charge in [-0.3, -0.25) is 4.79 Å². The number of carbonyl (C=O) groups excluding carboxylic acids is 1. The molecule has 2 aromatic rings. The Balaban J connectivity index is 2.29. The van der Waals surface area contributed by atoms with E-state index in [-0.39, 0.29) is 17.4 Å². The van der Waals surface area contributed by atoms with Gasteiger partial charge in [-0.1, -0.05) is 85.9 Å². The number of benzene rings is 2. The molecule has 0 heterocycles. The number of methoxy groups -OCH3 is 1. The van der Waals surface area contributed by atoms with E-state index >= 15 is 0 Å². The summed E-state index contributed by atoms with van der Waals surface area (Å²) in [6.45, 7) is 6.89. The molecule has 23 heavy (non-hydrogen) atoms. The molecular formula is C20H26O2Si. The van der Waals surface area contributed by atoms with Crippen molar-refractivity contribution in [2.24, 2.45) is 5.92 Å². The molecule has 3 heteroatoms. The summed E-state index contributed by atoms with van der Waals surface area (Å²) in [6, 6.07) is 20.8. The maximum atomic E-state index is 12.4. The van der Waals surface area contributed by atoms with E-state index in [0.717, 1.165) is 6.42 Å². The lowest BCUT2D eigenvalue weighted by molar-refractivity contribution is -0.145. The smallest absolute Gasteiger partial charge is 0.308 e. The first-order valence-electron chi connectivity index (χ1n) is 8.14. The Kier molecular flexibility index (Phi) is 5.78. The van der Waals surface area contributed by atoms with Crippen LogP contribution in [0.2, 0.25) is 18.6 Å². The van der Waals surface area contributed by atoms with Crippen LogP contribution >= 0.6 is 0 Å². The van der Waals surface area contributed by atoms with Crippen molar-refractivity contribution in [3.05, 3.63) is 66.2 Å². The van der Waals surface area contributed by atoms with Crippen molar-refractivity contribution in [2.75, 3.05) is 7.11 Å². The summed E-state index contributed by atoms with van der Waals surface area (Å²) in [6.07, 6.45) is 0.734. The molecule has 0 aromatic heterocycles. The Hall–Kier alpha value is -1.87. The average molecular weight is 327 g/mol. The maximum absolute atomic E-state index is 12.4. The molecule has 0 spiro atoms. The standard InChI is InChI=1S/C20H26O2Si/c1-16(23(3,4)18-13-9-6-10-14-18)19(20(21)22-2)15-17-11-7-5-8-12-17/h5-14,16,19H,15H2,1-4H3/t16?,19-/m0/s1. The van der Waals surface area contributed by atoms with Gasteiger partial charge in [0, 0.05) is 0 Å². The van der Waals surface area contributed by atoms with Gasteiger partial charge in [0.1, 0.15) is 0 Å². The van der Waals surface area contributed by atoms with E-state index in [1.807, 2.05) is 24.3 Å². The van der Waals surface area contributed by atoms with Crippen LogP contribution < -0.4 is 5.19 Å². The van der Waals surface area contributed by atoms with Crippen LogP contribution in [-0.2, 0) is 16.0 Å². The Morgan fingerprint density at radius 3 is 2.04 bits per heavy atom. The highest BCUT2D eigenvalue weighted by Gasteiger charge is 2.39. The summed E-state index contributed by atoms with van der Waals surface area (Å²) >= 11 is 0. The number of ether oxygens (including phenoxy) is 1. The van der Waals surface area contributed by atoms with Gasteiger partial charge in [0.25, 0.3) is 0 Å². The summed E-state index contributed by atoms with van der Waals surface area (Å²) in [5.74, 6) is -0.206. The van der Waals surface area contributed by atoms with Crippen LogP contribution in [-0.4, -0.2) is 21.2 Å². The van der Waals surface area contributed by atoms with Gasteiger partial charge < -0.3 is 4.74 Å². The van der Waals surface area contributed by atoms with Crippen molar-refractivity contribution in [1.82, 2.24) is 0 Å². The molecule has 122 valence electrons. The monoisotopic (exact) mass is 326 g/mol. The van der Waals surface area contributed by atoms with Crippen LogP contribution in [0.25, 0.3) is 0 Å². The fourth-order valence-corrected chi connectivity index (χ4v) is 5.95. The lowest BCUT2D eigenvalue weighted by Crippen LogP contribution is -2.49. The molecule has 0 radical (unpaired) electrons. The molecule has 0 saturated heterocycles. The van der Waals surface area contributed by atoms with Crippen LogP contribution in [0.5, 0.6) is 0 Å². The van der Waals surface area contributed by atoms with Crippen LogP contribution in [0.4, 0.5) is 0 Å². The minimum atomic E-state index is -1.78. The number of hydrogen-bond acceptors (Lipinski definition) is 2. The molecule has 2 rings (SSSR count). The molecule has 0 aliphatic rings. The average Bonchev–Trinajstić information content (AvgIpc) is 2.60. The summed E-state index contributed by atoms with van der Waals surface area (Å²) in [7, 11) is -0.289. The summed E-state index contributed by atoms with van der Waals surface area (Å²) in [5.41, 5.74) is 1.48. The molecule has 1 unspecified atom stereocenters. The lowest BCUT2D eigenvalue weighted by atomic mass is 9.96. The fraction of sp³-hybridized carbons (Fsp3) is 0.350. The maximum Gasteiger partial charge on any atom is 0.308 e. The first-order valence-corrected chi connectivity index (χ1v) is 11.2. The quantitative estimate of drug-likeness (QED) is 0.592. The van der Waals surface area contributed by atoms with Crippen molar-refractivity contribution in [3.8, 4) is 0 Å². The SMILES string of the molecule is COC(=O)[C@@H](Cc1ccccc1)C(C)[Si](C)(C)c1ccccc1. The summed E-state index contributed by atoms with van der Waals surface area (Å²) < 4.78 is 5.12. The van der Waals surface area contributed by atoms with Gasteiger partial charge in [-0.25, -0.2) is 0 Å². The second-order valence-electron chi connectivity index (χ2n) is 6.70. The molecule has 0 aliphatic carbocycles. The van der Waals surface area contributed by atoms with Crippen molar-refractivity contribution < 1.29 is 9.53 Å². The summed E-state index contributed by atoms with van der Waals surface area (Å²) in [4.78, 5) is 12.4. The van der Waals surface area contributed by atoms with E-state index in [1.165, 1.54) is 17.9 Å². The molecule has 2 atom stereocenters. The van der Waals surface area contributed by atoms with Crippen LogP contribution in [0, 0.1) is 5.92 Å². The molecule has 2 nitrogen and oxygen atoms in total. The molecule has 0 bridgehead atoms. The molecule has 0 fully saturated rings. The largest absolute Gasteiger partial charge is 0.469 e. The third kappa shape index (κ3) is 4.11. The van der Waals surface area contributed by atoms with Crippen molar-refractivity contribution in [3.63, 3.8) is 0 Å². The molecule has 0 saturated carbocycles. The summed E-state index contributed by atoms with van der Waals surface area (Å²) in [5, 5.41) is 1.38. The van der Waals surface area contributed by atoms with Gasteiger partial charge in [0.15, 0.2) is 0 Å². The molecular weight excluding hydrogens is 300 g/mol. The predicted octanol–water partition coefficient (Wildman–Crippen LogP) is 4.02. The molecule has 0 N–H and O–H groups in total. The van der Waals surface area contributed by atoms with E-state index in [0.29, 0.717) is 0 Å². The second kappa shape index (κ2) is 7.60.